The topological polar surface area (TPSA) is 35.6 Å². The van der Waals surface area contributed by atoms with E-state index in [4.69, 9.17) is 0 Å². The molecule has 0 aliphatic carbocycles. The Morgan fingerprint density at radius 3 is 2.65 bits per heavy atom. The fraction of sp³-hybridized carbons (Fsp3) is 0.938. The van der Waals surface area contributed by atoms with Crippen molar-refractivity contribution < 1.29 is 4.79 Å². The van der Waals surface area contributed by atoms with Crippen molar-refractivity contribution in [2.75, 3.05) is 39.3 Å². The molecule has 2 aliphatic rings. The Kier molecular flexibility index (Phi) is 6.30. The predicted molar refractivity (Wildman–Crippen MR) is 82.7 cm³/mol. The number of nitrogens with zero attached hydrogens (tertiary/aromatic N) is 2. The van der Waals surface area contributed by atoms with Crippen molar-refractivity contribution in [3.8, 4) is 0 Å². The number of rotatable bonds is 5. The SMILES string of the molecule is CC(C)CC1CCCCN1CCC(=O)N1CCNCC1. The Hall–Kier alpha value is -0.610. The van der Waals surface area contributed by atoms with Gasteiger partial charge in [-0.15, -0.1) is 0 Å². The van der Waals surface area contributed by atoms with Gasteiger partial charge in [0, 0.05) is 45.2 Å². The molecule has 1 amide bonds. The molecule has 2 fully saturated rings. The van der Waals surface area contributed by atoms with Crippen LogP contribution in [-0.2, 0) is 4.79 Å². The van der Waals surface area contributed by atoms with Gasteiger partial charge in [-0.1, -0.05) is 20.3 Å². The van der Waals surface area contributed by atoms with Crippen LogP contribution >= 0.6 is 0 Å². The normalized spacial score (nSPS) is 25.1. The Balaban J connectivity index is 1.76. The molecule has 2 heterocycles. The van der Waals surface area contributed by atoms with Crippen molar-refractivity contribution in [3.05, 3.63) is 0 Å². The lowest BCUT2D eigenvalue weighted by Crippen LogP contribution is -2.48. The lowest BCUT2D eigenvalue weighted by Gasteiger charge is -2.37. The quantitative estimate of drug-likeness (QED) is 0.833. The minimum Gasteiger partial charge on any atom is -0.340 e. The number of nitrogens with one attached hydrogen (secondary N) is 1. The fourth-order valence-corrected chi connectivity index (χ4v) is 3.48. The van der Waals surface area contributed by atoms with Crippen molar-refractivity contribution in [1.82, 2.24) is 15.1 Å². The van der Waals surface area contributed by atoms with Crippen molar-refractivity contribution in [1.29, 1.82) is 0 Å². The number of hydrogen-bond acceptors (Lipinski definition) is 3. The van der Waals surface area contributed by atoms with Gasteiger partial charge in [0.15, 0.2) is 0 Å². The highest BCUT2D eigenvalue weighted by Gasteiger charge is 2.24. The average molecular weight is 281 g/mol. The molecule has 0 spiro atoms. The van der Waals surface area contributed by atoms with Gasteiger partial charge in [-0.25, -0.2) is 0 Å². The third-order valence-corrected chi connectivity index (χ3v) is 4.58. The summed E-state index contributed by atoms with van der Waals surface area (Å²) in [5.74, 6) is 1.10. The zero-order chi connectivity index (χ0) is 14.4. The molecule has 0 aromatic rings. The molecule has 1 unspecified atom stereocenters. The Morgan fingerprint density at radius 2 is 1.95 bits per heavy atom. The number of hydrogen-bond donors (Lipinski definition) is 1. The van der Waals surface area contributed by atoms with Crippen molar-refractivity contribution in [2.45, 2.75) is 52.0 Å². The van der Waals surface area contributed by atoms with E-state index in [0.717, 1.165) is 38.6 Å². The zero-order valence-electron chi connectivity index (χ0n) is 13.2. The van der Waals surface area contributed by atoms with Crippen LogP contribution in [0.25, 0.3) is 0 Å². The smallest absolute Gasteiger partial charge is 0.223 e. The van der Waals surface area contributed by atoms with E-state index >= 15 is 0 Å². The maximum absolute atomic E-state index is 12.2. The summed E-state index contributed by atoms with van der Waals surface area (Å²) in [5.41, 5.74) is 0. The molecule has 2 saturated heterocycles. The lowest BCUT2D eigenvalue weighted by molar-refractivity contribution is -0.132. The van der Waals surface area contributed by atoms with Crippen molar-refractivity contribution in [2.24, 2.45) is 5.92 Å². The summed E-state index contributed by atoms with van der Waals surface area (Å²) in [6, 6.07) is 0.708. The van der Waals surface area contributed by atoms with Crippen LogP contribution in [-0.4, -0.2) is 61.0 Å². The number of piperidine rings is 1. The number of carbonyl (C=O) groups excluding carboxylic acids is 1. The summed E-state index contributed by atoms with van der Waals surface area (Å²) in [4.78, 5) is 16.8. The monoisotopic (exact) mass is 281 g/mol. The van der Waals surface area contributed by atoms with Crippen LogP contribution in [0.2, 0.25) is 0 Å². The molecule has 0 radical (unpaired) electrons. The standard InChI is InChI=1S/C16H31N3O/c1-14(2)13-15-5-3-4-9-18(15)10-6-16(20)19-11-7-17-8-12-19/h14-15,17H,3-13H2,1-2H3. The van der Waals surface area contributed by atoms with E-state index in [2.05, 4.69) is 24.1 Å². The lowest BCUT2D eigenvalue weighted by atomic mass is 9.94. The molecule has 2 aliphatic heterocycles. The number of likely N-dealkylation sites (tertiary alicyclic amines) is 1. The molecule has 1 N–H and O–H groups in total. The number of piperazine rings is 1. The van der Waals surface area contributed by atoms with Crippen molar-refractivity contribution in [3.63, 3.8) is 0 Å². The first kappa shape index (κ1) is 15.8. The highest BCUT2D eigenvalue weighted by atomic mass is 16.2. The van der Waals surface area contributed by atoms with E-state index in [1.165, 1.54) is 32.2 Å². The van der Waals surface area contributed by atoms with Crippen LogP contribution in [0, 0.1) is 5.92 Å². The first-order chi connectivity index (χ1) is 9.66. The molecular weight excluding hydrogens is 250 g/mol. The molecule has 0 bridgehead atoms. The highest BCUT2D eigenvalue weighted by Crippen LogP contribution is 2.23. The minimum absolute atomic E-state index is 0.348. The first-order valence-corrected chi connectivity index (χ1v) is 8.39. The van der Waals surface area contributed by atoms with Gasteiger partial charge in [0.05, 0.1) is 0 Å². The largest absolute Gasteiger partial charge is 0.340 e. The molecule has 0 aromatic heterocycles. The van der Waals surface area contributed by atoms with Gasteiger partial charge < -0.3 is 10.2 Å². The summed E-state index contributed by atoms with van der Waals surface area (Å²) in [5, 5.41) is 3.30. The summed E-state index contributed by atoms with van der Waals surface area (Å²) in [6.07, 6.45) is 5.96. The van der Waals surface area contributed by atoms with E-state index in [-0.39, 0.29) is 0 Å². The van der Waals surface area contributed by atoms with Crippen LogP contribution < -0.4 is 5.32 Å². The molecule has 0 saturated carbocycles. The Labute approximate surface area is 123 Å². The van der Waals surface area contributed by atoms with Crippen molar-refractivity contribution >= 4 is 5.91 Å². The maximum Gasteiger partial charge on any atom is 0.223 e. The van der Waals surface area contributed by atoms with E-state index in [9.17, 15) is 4.79 Å². The second-order valence-corrected chi connectivity index (χ2v) is 6.70. The maximum atomic E-state index is 12.2. The van der Waals surface area contributed by atoms with Crippen LogP contribution in [0.4, 0.5) is 0 Å². The zero-order valence-corrected chi connectivity index (χ0v) is 13.2. The molecule has 4 nitrogen and oxygen atoms in total. The van der Waals surface area contributed by atoms with Crippen LogP contribution in [0.5, 0.6) is 0 Å². The van der Waals surface area contributed by atoms with Gasteiger partial charge in [0.25, 0.3) is 0 Å². The molecule has 20 heavy (non-hydrogen) atoms. The van der Waals surface area contributed by atoms with E-state index in [1.54, 1.807) is 0 Å². The molecule has 0 aromatic carbocycles. The molecule has 1 atom stereocenters. The molecule has 4 heteroatoms. The van der Waals surface area contributed by atoms with Crippen LogP contribution in [0.15, 0.2) is 0 Å². The van der Waals surface area contributed by atoms with Gasteiger partial charge in [-0.05, 0) is 31.7 Å². The Morgan fingerprint density at radius 1 is 1.20 bits per heavy atom. The van der Waals surface area contributed by atoms with Gasteiger partial charge in [0.1, 0.15) is 0 Å². The third-order valence-electron chi connectivity index (χ3n) is 4.58. The van der Waals surface area contributed by atoms with E-state index in [1.807, 2.05) is 4.90 Å². The van der Waals surface area contributed by atoms with Gasteiger partial charge in [0.2, 0.25) is 5.91 Å². The van der Waals surface area contributed by atoms with Gasteiger partial charge in [-0.2, -0.15) is 0 Å². The average Bonchev–Trinajstić information content (AvgIpc) is 2.46. The van der Waals surface area contributed by atoms with E-state index < -0.39 is 0 Å². The second-order valence-electron chi connectivity index (χ2n) is 6.70. The first-order valence-electron chi connectivity index (χ1n) is 8.39. The predicted octanol–water partition coefficient (Wildman–Crippen LogP) is 1.71. The third kappa shape index (κ3) is 4.74. The minimum atomic E-state index is 0.348. The molecular formula is C16H31N3O. The molecule has 116 valence electrons. The Bertz CT molecular complexity index is 300. The number of amides is 1. The van der Waals surface area contributed by atoms with Gasteiger partial charge >= 0.3 is 0 Å². The summed E-state index contributed by atoms with van der Waals surface area (Å²) >= 11 is 0. The summed E-state index contributed by atoms with van der Waals surface area (Å²) in [7, 11) is 0. The second kappa shape index (κ2) is 7.99. The highest BCUT2D eigenvalue weighted by molar-refractivity contribution is 5.76. The van der Waals surface area contributed by atoms with E-state index in [0.29, 0.717) is 18.4 Å². The number of carbonyl (C=O) groups is 1. The van der Waals surface area contributed by atoms with Gasteiger partial charge in [-0.3, -0.25) is 9.69 Å². The van der Waals surface area contributed by atoms with Crippen LogP contribution in [0.1, 0.15) is 46.0 Å². The fourth-order valence-electron chi connectivity index (χ4n) is 3.48. The summed E-state index contributed by atoms with van der Waals surface area (Å²) in [6.45, 7) is 10.4. The summed E-state index contributed by atoms with van der Waals surface area (Å²) < 4.78 is 0. The van der Waals surface area contributed by atoms with Crippen LogP contribution in [0.3, 0.4) is 0 Å². The molecule has 2 rings (SSSR count).